The minimum absolute atomic E-state index is 0.0314. The van der Waals surface area contributed by atoms with Crippen molar-refractivity contribution in [1.29, 1.82) is 0 Å². The summed E-state index contributed by atoms with van der Waals surface area (Å²) in [5.74, 6) is 0.640. The SMILES string of the molecule is Cc1ccc(C)c(CSc2nc3c([nH]c4ccccc43)c(=O)n2-c2ccc([N+](=O)[O-])cc2)c1. The summed E-state index contributed by atoms with van der Waals surface area (Å²) in [5.41, 5.74) is 5.64. The molecule has 0 aliphatic heterocycles. The lowest BCUT2D eigenvalue weighted by molar-refractivity contribution is -0.384. The molecule has 0 unspecified atom stereocenters. The zero-order chi connectivity index (χ0) is 23.1. The lowest BCUT2D eigenvalue weighted by Crippen LogP contribution is -2.21. The van der Waals surface area contributed by atoms with E-state index in [9.17, 15) is 14.9 Å². The van der Waals surface area contributed by atoms with E-state index in [4.69, 9.17) is 4.98 Å². The number of para-hydroxylation sites is 1. The van der Waals surface area contributed by atoms with Crippen molar-refractivity contribution < 1.29 is 4.92 Å². The van der Waals surface area contributed by atoms with Gasteiger partial charge in [0.15, 0.2) is 5.16 Å². The molecule has 0 bridgehead atoms. The van der Waals surface area contributed by atoms with E-state index in [-0.39, 0.29) is 11.2 Å². The minimum atomic E-state index is -0.456. The molecule has 5 rings (SSSR count). The summed E-state index contributed by atoms with van der Waals surface area (Å²) in [5, 5.41) is 12.5. The van der Waals surface area contributed by atoms with E-state index in [0.717, 1.165) is 10.9 Å². The predicted molar refractivity (Wildman–Crippen MR) is 131 cm³/mol. The highest BCUT2D eigenvalue weighted by molar-refractivity contribution is 7.98. The van der Waals surface area contributed by atoms with Gasteiger partial charge >= 0.3 is 0 Å². The summed E-state index contributed by atoms with van der Waals surface area (Å²) in [6, 6.07) is 19.9. The van der Waals surface area contributed by atoms with Crippen molar-refractivity contribution in [3.05, 3.63) is 104 Å². The molecule has 3 aromatic carbocycles. The normalized spacial score (nSPS) is 11.3. The Morgan fingerprint density at radius 3 is 2.58 bits per heavy atom. The summed E-state index contributed by atoms with van der Waals surface area (Å²) in [7, 11) is 0. The number of hydrogen-bond acceptors (Lipinski definition) is 5. The number of non-ortho nitro benzene ring substituents is 1. The average molecular weight is 457 g/mol. The first-order chi connectivity index (χ1) is 15.9. The van der Waals surface area contributed by atoms with E-state index in [2.05, 4.69) is 37.0 Å². The number of nitrogens with zero attached hydrogens (tertiary/aromatic N) is 3. The van der Waals surface area contributed by atoms with Crippen LogP contribution in [-0.2, 0) is 5.75 Å². The first-order valence-electron chi connectivity index (χ1n) is 10.4. The van der Waals surface area contributed by atoms with Crippen LogP contribution in [0.15, 0.2) is 76.7 Å². The van der Waals surface area contributed by atoms with Gasteiger partial charge in [-0.2, -0.15) is 0 Å². The zero-order valence-electron chi connectivity index (χ0n) is 18.0. The summed E-state index contributed by atoms with van der Waals surface area (Å²) < 4.78 is 1.53. The molecule has 7 nitrogen and oxygen atoms in total. The maximum Gasteiger partial charge on any atom is 0.283 e. The highest BCUT2D eigenvalue weighted by atomic mass is 32.2. The fourth-order valence-corrected chi connectivity index (χ4v) is 4.96. The van der Waals surface area contributed by atoms with E-state index in [1.807, 2.05) is 24.3 Å². The molecule has 2 heterocycles. The van der Waals surface area contributed by atoms with E-state index >= 15 is 0 Å². The van der Waals surface area contributed by atoms with Gasteiger partial charge < -0.3 is 4.98 Å². The number of H-pyrrole nitrogens is 1. The molecule has 0 amide bonds. The Kier molecular flexibility index (Phi) is 5.22. The van der Waals surface area contributed by atoms with Crippen LogP contribution in [0.2, 0.25) is 0 Å². The summed E-state index contributed by atoms with van der Waals surface area (Å²) in [6.45, 7) is 4.12. The Balaban J connectivity index is 1.69. The number of aromatic amines is 1. The van der Waals surface area contributed by atoms with Gasteiger partial charge in [0.25, 0.3) is 11.2 Å². The Labute approximate surface area is 193 Å². The van der Waals surface area contributed by atoms with Crippen molar-refractivity contribution in [1.82, 2.24) is 14.5 Å². The maximum atomic E-state index is 13.6. The smallest absolute Gasteiger partial charge is 0.283 e. The van der Waals surface area contributed by atoms with Crippen LogP contribution in [-0.4, -0.2) is 19.5 Å². The van der Waals surface area contributed by atoms with Crippen molar-refractivity contribution >= 4 is 39.4 Å². The second-order valence-electron chi connectivity index (χ2n) is 7.92. The number of aromatic nitrogens is 3. The number of rotatable bonds is 5. The molecule has 1 N–H and O–H groups in total. The topological polar surface area (TPSA) is 93.8 Å². The molecule has 5 aromatic rings. The molecule has 0 radical (unpaired) electrons. The number of benzene rings is 3. The molecular weight excluding hydrogens is 436 g/mol. The number of thioether (sulfide) groups is 1. The molecule has 0 spiro atoms. The van der Waals surface area contributed by atoms with E-state index < -0.39 is 4.92 Å². The van der Waals surface area contributed by atoms with Crippen LogP contribution < -0.4 is 5.56 Å². The molecule has 8 heteroatoms. The Morgan fingerprint density at radius 1 is 1.06 bits per heavy atom. The molecule has 0 atom stereocenters. The van der Waals surface area contributed by atoms with Crippen molar-refractivity contribution in [3.63, 3.8) is 0 Å². The van der Waals surface area contributed by atoms with Crippen LogP contribution in [0.3, 0.4) is 0 Å². The number of aryl methyl sites for hydroxylation is 2. The van der Waals surface area contributed by atoms with E-state index in [1.54, 1.807) is 12.1 Å². The van der Waals surface area contributed by atoms with Crippen molar-refractivity contribution in [3.8, 4) is 5.69 Å². The third kappa shape index (κ3) is 3.78. The standard InChI is InChI=1S/C25H20N4O3S/c1-15-7-8-16(2)17(13-15)14-33-25-27-22-20-5-3-4-6-21(20)26-23(22)24(30)28(25)18-9-11-19(12-10-18)29(31)32/h3-13,26H,14H2,1-2H3. The maximum absolute atomic E-state index is 13.6. The number of nitrogens with one attached hydrogen (secondary N) is 1. The van der Waals surface area contributed by atoms with Gasteiger partial charge in [-0.25, -0.2) is 4.98 Å². The Hall–Kier alpha value is -3.91. The van der Waals surface area contributed by atoms with Crippen molar-refractivity contribution in [2.45, 2.75) is 24.8 Å². The Morgan fingerprint density at radius 2 is 1.82 bits per heavy atom. The first kappa shape index (κ1) is 21.0. The van der Waals surface area contributed by atoms with Crippen molar-refractivity contribution in [2.24, 2.45) is 0 Å². The fourth-order valence-electron chi connectivity index (χ4n) is 3.89. The van der Waals surface area contributed by atoms with Gasteiger partial charge in [-0.1, -0.05) is 53.7 Å². The van der Waals surface area contributed by atoms with Gasteiger partial charge in [0.2, 0.25) is 0 Å². The molecule has 0 saturated heterocycles. The molecule has 0 saturated carbocycles. The molecule has 33 heavy (non-hydrogen) atoms. The Bertz CT molecular complexity index is 1590. The summed E-state index contributed by atoms with van der Waals surface area (Å²) in [4.78, 5) is 32.3. The third-order valence-electron chi connectivity index (χ3n) is 5.67. The number of fused-ring (bicyclic) bond motifs is 3. The summed E-state index contributed by atoms with van der Waals surface area (Å²) in [6.07, 6.45) is 0. The van der Waals surface area contributed by atoms with Crippen LogP contribution in [0.5, 0.6) is 0 Å². The van der Waals surface area contributed by atoms with Crippen LogP contribution in [0, 0.1) is 24.0 Å². The highest BCUT2D eigenvalue weighted by Gasteiger charge is 2.18. The lowest BCUT2D eigenvalue weighted by atomic mass is 10.1. The molecule has 0 aliphatic rings. The van der Waals surface area contributed by atoms with Gasteiger partial charge in [0, 0.05) is 28.8 Å². The van der Waals surface area contributed by atoms with Crippen LogP contribution in [0.1, 0.15) is 16.7 Å². The van der Waals surface area contributed by atoms with E-state index in [1.165, 1.54) is 45.2 Å². The molecule has 0 fully saturated rings. The zero-order valence-corrected chi connectivity index (χ0v) is 18.8. The lowest BCUT2D eigenvalue weighted by Gasteiger charge is -2.13. The predicted octanol–water partition coefficient (Wildman–Crippen LogP) is 5.68. The second-order valence-corrected chi connectivity index (χ2v) is 8.86. The van der Waals surface area contributed by atoms with Gasteiger partial charge in [0.1, 0.15) is 11.0 Å². The van der Waals surface area contributed by atoms with Crippen molar-refractivity contribution in [2.75, 3.05) is 0 Å². The quantitative estimate of drug-likeness (QED) is 0.159. The van der Waals surface area contributed by atoms with Gasteiger partial charge in [-0.15, -0.1) is 0 Å². The van der Waals surface area contributed by atoms with Crippen LogP contribution in [0.25, 0.3) is 27.6 Å². The molecule has 0 aliphatic carbocycles. The number of nitro benzene ring substituents is 1. The highest BCUT2D eigenvalue weighted by Crippen LogP contribution is 2.29. The molecular formula is C25H20N4O3S. The monoisotopic (exact) mass is 456 g/mol. The second kappa shape index (κ2) is 8.22. The number of hydrogen-bond donors (Lipinski definition) is 1. The average Bonchev–Trinajstić information content (AvgIpc) is 3.19. The number of nitro groups is 1. The molecule has 164 valence electrons. The largest absolute Gasteiger partial charge is 0.349 e. The summed E-state index contributed by atoms with van der Waals surface area (Å²) >= 11 is 1.47. The fraction of sp³-hybridized carbons (Fsp3) is 0.120. The van der Waals surface area contributed by atoms with Crippen LogP contribution >= 0.6 is 11.8 Å². The van der Waals surface area contributed by atoms with Gasteiger partial charge in [0.05, 0.1) is 10.6 Å². The minimum Gasteiger partial charge on any atom is -0.349 e. The molecule has 2 aromatic heterocycles. The van der Waals surface area contributed by atoms with Gasteiger partial charge in [-0.3, -0.25) is 19.5 Å². The first-order valence-corrected chi connectivity index (χ1v) is 11.4. The van der Waals surface area contributed by atoms with Gasteiger partial charge in [-0.05, 0) is 43.2 Å². The third-order valence-corrected chi connectivity index (χ3v) is 6.66. The van der Waals surface area contributed by atoms with E-state index in [0.29, 0.717) is 27.6 Å². The van der Waals surface area contributed by atoms with Crippen LogP contribution in [0.4, 0.5) is 5.69 Å².